The van der Waals surface area contributed by atoms with E-state index in [4.69, 9.17) is 4.74 Å². The van der Waals surface area contributed by atoms with Gasteiger partial charge in [0.1, 0.15) is 5.82 Å². The Kier molecular flexibility index (Phi) is 10.5. The number of nitrogens with one attached hydrogen (secondary N) is 3. The van der Waals surface area contributed by atoms with Gasteiger partial charge in [-0.15, -0.1) is 24.0 Å². The number of ether oxygens (including phenoxy) is 1. The molecule has 0 aliphatic heterocycles. The smallest absolute Gasteiger partial charge is 0.243 e. The molecule has 0 fully saturated rings. The Morgan fingerprint density at radius 3 is 2.77 bits per heavy atom. The van der Waals surface area contributed by atoms with Gasteiger partial charge in [-0.05, 0) is 25.1 Å². The molecular weight excluding hydrogens is 402 g/mol. The van der Waals surface area contributed by atoms with Crippen molar-refractivity contribution in [3.8, 4) is 0 Å². The van der Waals surface area contributed by atoms with Crippen molar-refractivity contribution in [2.75, 3.05) is 32.6 Å². The van der Waals surface area contributed by atoms with E-state index in [0.717, 1.165) is 0 Å². The molecule has 1 rings (SSSR count). The molecule has 3 N–H and O–H groups in total. The minimum Gasteiger partial charge on any atom is -0.383 e. The minimum absolute atomic E-state index is 0. The number of amides is 1. The van der Waals surface area contributed by atoms with Gasteiger partial charge < -0.3 is 20.7 Å². The fourth-order valence-corrected chi connectivity index (χ4v) is 1.66. The fraction of sp³-hybridized carbons (Fsp3) is 0.429. The summed E-state index contributed by atoms with van der Waals surface area (Å²) in [5.41, 5.74) is 0.414. The molecule has 124 valence electrons. The molecule has 0 bridgehead atoms. The maximum atomic E-state index is 13.0. The van der Waals surface area contributed by atoms with E-state index in [9.17, 15) is 9.18 Å². The van der Waals surface area contributed by atoms with Gasteiger partial charge in [0.05, 0.1) is 13.2 Å². The second kappa shape index (κ2) is 11.2. The van der Waals surface area contributed by atoms with Gasteiger partial charge in [0.25, 0.3) is 0 Å². The quantitative estimate of drug-likeness (QED) is 0.369. The lowest BCUT2D eigenvalue weighted by molar-refractivity contribution is -0.115. The van der Waals surface area contributed by atoms with Crippen LogP contribution in [0.15, 0.2) is 29.3 Å². The van der Waals surface area contributed by atoms with Crippen LogP contribution in [-0.2, 0) is 9.53 Å². The second-order valence-electron chi connectivity index (χ2n) is 4.49. The Bertz CT molecular complexity index is 499. The molecule has 0 radical (unpaired) electrons. The highest BCUT2D eigenvalue weighted by atomic mass is 127. The molecule has 1 amide bonds. The van der Waals surface area contributed by atoms with Crippen molar-refractivity contribution in [3.63, 3.8) is 0 Å². The van der Waals surface area contributed by atoms with E-state index in [0.29, 0.717) is 18.3 Å². The van der Waals surface area contributed by atoms with Gasteiger partial charge in [0.15, 0.2) is 5.96 Å². The monoisotopic (exact) mass is 424 g/mol. The topological polar surface area (TPSA) is 74.8 Å². The number of guanidine groups is 1. The summed E-state index contributed by atoms with van der Waals surface area (Å²) in [6.07, 6.45) is 0. The highest BCUT2D eigenvalue weighted by molar-refractivity contribution is 14.0. The van der Waals surface area contributed by atoms with Gasteiger partial charge in [-0.2, -0.15) is 0 Å². The number of hydrogen-bond donors (Lipinski definition) is 3. The van der Waals surface area contributed by atoms with E-state index in [-0.39, 0.29) is 42.5 Å². The molecule has 22 heavy (non-hydrogen) atoms. The van der Waals surface area contributed by atoms with E-state index in [2.05, 4.69) is 20.9 Å². The predicted molar refractivity (Wildman–Crippen MR) is 96.3 cm³/mol. The number of anilines is 1. The normalized spacial score (nSPS) is 12.1. The van der Waals surface area contributed by atoms with Gasteiger partial charge in [-0.1, -0.05) is 6.07 Å². The Morgan fingerprint density at radius 2 is 2.18 bits per heavy atom. The number of hydrogen-bond acceptors (Lipinski definition) is 3. The lowest BCUT2D eigenvalue weighted by atomic mass is 10.3. The van der Waals surface area contributed by atoms with E-state index < -0.39 is 5.82 Å². The minimum atomic E-state index is -0.397. The average Bonchev–Trinajstić information content (AvgIpc) is 2.43. The van der Waals surface area contributed by atoms with Crippen LogP contribution in [0.25, 0.3) is 0 Å². The number of carbonyl (C=O) groups excluding carboxylic acids is 1. The Labute approximate surface area is 146 Å². The largest absolute Gasteiger partial charge is 0.383 e. The van der Waals surface area contributed by atoms with Gasteiger partial charge in [0, 0.05) is 25.9 Å². The standard InChI is InChI=1S/C14H21FN4O2.HI/c1-10(9-21-3)18-14(16-2)17-8-13(20)19-12-6-4-5-11(15)7-12;/h4-7,10H,8-9H2,1-3H3,(H,19,20)(H2,16,17,18);1H. The van der Waals surface area contributed by atoms with Gasteiger partial charge >= 0.3 is 0 Å². The number of rotatable bonds is 6. The first-order valence-corrected chi connectivity index (χ1v) is 6.56. The van der Waals surface area contributed by atoms with Gasteiger partial charge in [-0.3, -0.25) is 9.79 Å². The molecule has 0 saturated heterocycles. The van der Waals surface area contributed by atoms with Crippen LogP contribution in [0.2, 0.25) is 0 Å². The Balaban J connectivity index is 0.00000441. The second-order valence-corrected chi connectivity index (χ2v) is 4.49. The molecular formula is C14H22FIN4O2. The van der Waals surface area contributed by atoms with E-state index in [1.54, 1.807) is 20.2 Å². The summed E-state index contributed by atoms with van der Waals surface area (Å²) in [5, 5.41) is 8.53. The van der Waals surface area contributed by atoms with Crippen LogP contribution in [0.3, 0.4) is 0 Å². The molecule has 1 unspecified atom stereocenters. The molecule has 1 aromatic carbocycles. The molecule has 0 saturated carbocycles. The first-order chi connectivity index (χ1) is 10.0. The maximum absolute atomic E-state index is 13.0. The van der Waals surface area contributed by atoms with E-state index >= 15 is 0 Å². The zero-order valence-electron chi connectivity index (χ0n) is 12.9. The van der Waals surface area contributed by atoms with Gasteiger partial charge in [0.2, 0.25) is 5.91 Å². The molecule has 8 heteroatoms. The van der Waals surface area contributed by atoms with E-state index in [1.807, 2.05) is 6.92 Å². The molecule has 0 spiro atoms. The highest BCUT2D eigenvalue weighted by Crippen LogP contribution is 2.08. The molecule has 0 aliphatic rings. The molecule has 1 atom stereocenters. The van der Waals surface area contributed by atoms with Crippen molar-refractivity contribution >= 4 is 41.5 Å². The molecule has 6 nitrogen and oxygen atoms in total. The number of nitrogens with zero attached hydrogens (tertiary/aromatic N) is 1. The number of carbonyl (C=O) groups is 1. The molecule has 1 aromatic rings. The summed E-state index contributed by atoms with van der Waals surface area (Å²) in [6.45, 7) is 2.48. The van der Waals surface area contributed by atoms with Crippen LogP contribution >= 0.6 is 24.0 Å². The number of halogens is 2. The summed E-state index contributed by atoms with van der Waals surface area (Å²) in [5.74, 6) is -0.191. The number of benzene rings is 1. The lowest BCUT2D eigenvalue weighted by Crippen LogP contribution is -2.46. The van der Waals surface area contributed by atoms with Crippen molar-refractivity contribution < 1.29 is 13.9 Å². The first-order valence-electron chi connectivity index (χ1n) is 6.56. The molecule has 0 aromatic heterocycles. The number of methoxy groups -OCH3 is 1. The fourth-order valence-electron chi connectivity index (χ4n) is 1.66. The maximum Gasteiger partial charge on any atom is 0.243 e. The lowest BCUT2D eigenvalue weighted by Gasteiger charge is -2.17. The summed E-state index contributed by atoms with van der Waals surface area (Å²) >= 11 is 0. The third-order valence-corrected chi connectivity index (χ3v) is 2.55. The van der Waals surface area contributed by atoms with Crippen LogP contribution in [0.5, 0.6) is 0 Å². The highest BCUT2D eigenvalue weighted by Gasteiger charge is 2.07. The summed E-state index contributed by atoms with van der Waals surface area (Å²) in [6, 6.07) is 5.79. The van der Waals surface area contributed by atoms with Crippen molar-refractivity contribution in [1.82, 2.24) is 10.6 Å². The third kappa shape index (κ3) is 8.13. The summed E-state index contributed by atoms with van der Waals surface area (Å²) < 4.78 is 18.0. The zero-order chi connectivity index (χ0) is 15.7. The molecule has 0 aliphatic carbocycles. The average molecular weight is 424 g/mol. The summed E-state index contributed by atoms with van der Waals surface area (Å²) in [4.78, 5) is 15.8. The van der Waals surface area contributed by atoms with Crippen LogP contribution in [0, 0.1) is 5.82 Å². The summed E-state index contributed by atoms with van der Waals surface area (Å²) in [7, 11) is 3.22. The van der Waals surface area contributed by atoms with Crippen LogP contribution in [-0.4, -0.2) is 45.2 Å². The first kappa shape index (κ1) is 20.6. The Hall–Kier alpha value is -1.42. The van der Waals surface area contributed by atoms with Crippen molar-refractivity contribution in [1.29, 1.82) is 0 Å². The number of aliphatic imine (C=N–C) groups is 1. The van der Waals surface area contributed by atoms with Crippen LogP contribution in [0.4, 0.5) is 10.1 Å². The predicted octanol–water partition coefficient (Wildman–Crippen LogP) is 1.58. The van der Waals surface area contributed by atoms with E-state index in [1.165, 1.54) is 18.2 Å². The Morgan fingerprint density at radius 1 is 1.45 bits per heavy atom. The van der Waals surface area contributed by atoms with Crippen LogP contribution in [0.1, 0.15) is 6.92 Å². The zero-order valence-corrected chi connectivity index (χ0v) is 15.2. The van der Waals surface area contributed by atoms with Crippen molar-refractivity contribution in [2.45, 2.75) is 13.0 Å². The molecule has 0 heterocycles. The van der Waals surface area contributed by atoms with Gasteiger partial charge in [-0.25, -0.2) is 4.39 Å². The SMILES string of the molecule is CN=C(NCC(=O)Nc1cccc(F)c1)NC(C)COC.I. The van der Waals surface area contributed by atoms with Crippen molar-refractivity contribution in [3.05, 3.63) is 30.1 Å². The van der Waals surface area contributed by atoms with Crippen LogP contribution < -0.4 is 16.0 Å². The third-order valence-electron chi connectivity index (χ3n) is 2.55. The van der Waals surface area contributed by atoms with Crippen molar-refractivity contribution in [2.24, 2.45) is 4.99 Å².